The summed E-state index contributed by atoms with van der Waals surface area (Å²) in [5.74, 6) is 0.561. The minimum Gasteiger partial charge on any atom is -0.319 e. The molecule has 0 aliphatic carbocycles. The number of rotatable bonds is 5. The first-order valence-electron chi connectivity index (χ1n) is 8.42. The summed E-state index contributed by atoms with van der Waals surface area (Å²) in [6.45, 7) is 2.14. The second-order valence-electron chi connectivity index (χ2n) is 6.27. The Morgan fingerprint density at radius 1 is 1.00 bits per heavy atom. The predicted molar refractivity (Wildman–Crippen MR) is 97.3 cm³/mol. The van der Waals surface area contributed by atoms with Crippen molar-refractivity contribution < 1.29 is 8.42 Å². The van der Waals surface area contributed by atoms with Crippen molar-refractivity contribution >= 4 is 10.0 Å². The van der Waals surface area contributed by atoms with Crippen LogP contribution in [-0.2, 0) is 10.0 Å². The molecular weight excluding hydrogens is 320 g/mol. The molecule has 0 unspecified atom stereocenters. The average molecular weight is 344 g/mol. The van der Waals surface area contributed by atoms with Crippen molar-refractivity contribution in [2.75, 3.05) is 26.7 Å². The van der Waals surface area contributed by atoms with Crippen LogP contribution in [0.15, 0.2) is 59.5 Å². The van der Waals surface area contributed by atoms with Gasteiger partial charge in [-0.2, -0.15) is 4.31 Å². The van der Waals surface area contributed by atoms with E-state index in [0.717, 1.165) is 30.5 Å². The molecule has 0 atom stereocenters. The number of benzene rings is 2. The molecule has 1 saturated heterocycles. The maximum atomic E-state index is 13.2. The Kier molecular flexibility index (Phi) is 5.33. The van der Waals surface area contributed by atoms with Gasteiger partial charge >= 0.3 is 0 Å². The summed E-state index contributed by atoms with van der Waals surface area (Å²) in [6, 6.07) is 17.0. The molecule has 1 aliphatic rings. The van der Waals surface area contributed by atoms with Gasteiger partial charge in [0.25, 0.3) is 0 Å². The van der Waals surface area contributed by atoms with Crippen LogP contribution < -0.4 is 5.32 Å². The molecule has 128 valence electrons. The van der Waals surface area contributed by atoms with Crippen LogP contribution in [0, 0.1) is 5.92 Å². The lowest BCUT2D eigenvalue weighted by Gasteiger charge is -2.31. The lowest BCUT2D eigenvalue weighted by atomic mass is 9.98. The van der Waals surface area contributed by atoms with Crippen LogP contribution in [0.5, 0.6) is 0 Å². The Morgan fingerprint density at radius 2 is 1.62 bits per heavy atom. The van der Waals surface area contributed by atoms with E-state index < -0.39 is 10.0 Å². The maximum Gasteiger partial charge on any atom is 0.243 e. The zero-order valence-corrected chi connectivity index (χ0v) is 14.8. The van der Waals surface area contributed by atoms with Crippen LogP contribution in [0.2, 0.25) is 0 Å². The molecule has 3 rings (SSSR count). The summed E-state index contributed by atoms with van der Waals surface area (Å²) in [5.41, 5.74) is 1.71. The molecule has 0 spiro atoms. The highest BCUT2D eigenvalue weighted by Crippen LogP contribution is 2.31. The number of nitrogens with zero attached hydrogens (tertiary/aromatic N) is 1. The molecule has 0 bridgehead atoms. The van der Waals surface area contributed by atoms with E-state index in [0.29, 0.717) is 23.9 Å². The van der Waals surface area contributed by atoms with E-state index >= 15 is 0 Å². The molecule has 5 heteroatoms. The number of nitrogens with one attached hydrogen (secondary N) is 1. The van der Waals surface area contributed by atoms with Gasteiger partial charge < -0.3 is 5.32 Å². The molecule has 24 heavy (non-hydrogen) atoms. The summed E-state index contributed by atoms with van der Waals surface area (Å²) < 4.78 is 28.0. The van der Waals surface area contributed by atoms with E-state index in [4.69, 9.17) is 0 Å². The summed E-state index contributed by atoms with van der Waals surface area (Å²) in [5, 5.41) is 3.19. The van der Waals surface area contributed by atoms with Crippen molar-refractivity contribution in [3.05, 3.63) is 54.6 Å². The number of sulfonamides is 1. The first-order chi connectivity index (χ1) is 11.6. The highest BCUT2D eigenvalue weighted by Gasteiger charge is 2.30. The standard InChI is InChI=1S/C19H24N2O2S/c1-20-15-16-11-13-21(14-12-16)24(22,23)19-10-6-5-9-18(19)17-7-3-2-4-8-17/h2-10,16,20H,11-15H2,1H3. The van der Waals surface area contributed by atoms with Gasteiger partial charge in [0.05, 0.1) is 4.90 Å². The van der Waals surface area contributed by atoms with E-state index in [9.17, 15) is 8.42 Å². The fourth-order valence-electron chi connectivity index (χ4n) is 3.33. The minimum atomic E-state index is -3.47. The first kappa shape index (κ1) is 17.1. The van der Waals surface area contributed by atoms with E-state index in [1.54, 1.807) is 16.4 Å². The third-order valence-corrected chi connectivity index (χ3v) is 6.61. The molecule has 1 fully saturated rings. The Hall–Kier alpha value is -1.69. The number of hydrogen-bond acceptors (Lipinski definition) is 3. The average Bonchev–Trinajstić information content (AvgIpc) is 2.63. The Bertz CT molecular complexity index is 767. The van der Waals surface area contributed by atoms with E-state index in [1.165, 1.54) is 0 Å². The fraction of sp³-hybridized carbons (Fsp3) is 0.368. The van der Waals surface area contributed by atoms with Crippen molar-refractivity contribution in [2.45, 2.75) is 17.7 Å². The minimum absolute atomic E-state index is 0.406. The van der Waals surface area contributed by atoms with Gasteiger partial charge in [0.1, 0.15) is 0 Å². The van der Waals surface area contributed by atoms with Gasteiger partial charge in [-0.1, -0.05) is 48.5 Å². The van der Waals surface area contributed by atoms with Gasteiger partial charge in [-0.3, -0.25) is 0 Å². The monoisotopic (exact) mass is 344 g/mol. The summed E-state index contributed by atoms with van der Waals surface area (Å²) in [7, 11) is -1.52. The smallest absolute Gasteiger partial charge is 0.243 e. The largest absolute Gasteiger partial charge is 0.319 e. The zero-order valence-electron chi connectivity index (χ0n) is 14.0. The lowest BCUT2D eigenvalue weighted by Crippen LogP contribution is -2.40. The van der Waals surface area contributed by atoms with Gasteiger partial charge in [-0.15, -0.1) is 0 Å². The molecule has 0 saturated carbocycles. The van der Waals surface area contributed by atoms with Gasteiger partial charge in [0.2, 0.25) is 10.0 Å². The predicted octanol–water partition coefficient (Wildman–Crippen LogP) is 2.97. The van der Waals surface area contributed by atoms with Crippen molar-refractivity contribution in [3.8, 4) is 11.1 Å². The lowest BCUT2D eigenvalue weighted by molar-refractivity contribution is 0.271. The SMILES string of the molecule is CNCC1CCN(S(=O)(=O)c2ccccc2-c2ccccc2)CC1. The fourth-order valence-corrected chi connectivity index (χ4v) is 5.01. The van der Waals surface area contributed by atoms with Gasteiger partial charge in [0, 0.05) is 18.7 Å². The molecule has 1 N–H and O–H groups in total. The Labute approximate surface area is 144 Å². The third kappa shape index (κ3) is 3.53. The van der Waals surface area contributed by atoms with Crippen LogP contribution >= 0.6 is 0 Å². The van der Waals surface area contributed by atoms with Crippen molar-refractivity contribution in [1.29, 1.82) is 0 Å². The van der Waals surface area contributed by atoms with E-state index in [2.05, 4.69) is 5.32 Å². The van der Waals surface area contributed by atoms with Gasteiger partial charge in [-0.25, -0.2) is 8.42 Å². The Balaban J connectivity index is 1.89. The normalized spacial score (nSPS) is 17.0. The number of hydrogen-bond donors (Lipinski definition) is 1. The Morgan fingerprint density at radius 3 is 2.29 bits per heavy atom. The van der Waals surface area contributed by atoms with Crippen LogP contribution in [0.4, 0.5) is 0 Å². The molecule has 0 aromatic heterocycles. The van der Waals surface area contributed by atoms with Crippen LogP contribution in [0.3, 0.4) is 0 Å². The first-order valence-corrected chi connectivity index (χ1v) is 9.86. The summed E-state index contributed by atoms with van der Waals surface area (Å²) >= 11 is 0. The summed E-state index contributed by atoms with van der Waals surface area (Å²) in [6.07, 6.45) is 1.82. The van der Waals surface area contributed by atoms with E-state index in [1.807, 2.05) is 49.5 Å². The van der Waals surface area contributed by atoms with Gasteiger partial charge in [-0.05, 0) is 44.0 Å². The van der Waals surface area contributed by atoms with Crippen LogP contribution in [0.1, 0.15) is 12.8 Å². The van der Waals surface area contributed by atoms with Crippen LogP contribution in [-0.4, -0.2) is 39.4 Å². The number of piperidine rings is 1. The molecular formula is C19H24N2O2S. The van der Waals surface area contributed by atoms with Crippen LogP contribution in [0.25, 0.3) is 11.1 Å². The van der Waals surface area contributed by atoms with E-state index in [-0.39, 0.29) is 0 Å². The highest BCUT2D eigenvalue weighted by atomic mass is 32.2. The summed E-state index contributed by atoms with van der Waals surface area (Å²) in [4.78, 5) is 0.406. The molecule has 2 aromatic carbocycles. The zero-order chi connectivity index (χ0) is 17.0. The molecule has 4 nitrogen and oxygen atoms in total. The second-order valence-corrected chi connectivity index (χ2v) is 8.17. The molecule has 0 radical (unpaired) electrons. The van der Waals surface area contributed by atoms with Gasteiger partial charge in [0.15, 0.2) is 0 Å². The van der Waals surface area contributed by atoms with Crippen molar-refractivity contribution in [3.63, 3.8) is 0 Å². The molecule has 1 heterocycles. The topological polar surface area (TPSA) is 49.4 Å². The van der Waals surface area contributed by atoms with Crippen molar-refractivity contribution in [1.82, 2.24) is 9.62 Å². The molecule has 0 amide bonds. The molecule has 1 aliphatic heterocycles. The van der Waals surface area contributed by atoms with Crippen molar-refractivity contribution in [2.24, 2.45) is 5.92 Å². The maximum absolute atomic E-state index is 13.2. The second kappa shape index (κ2) is 7.47. The molecule has 2 aromatic rings. The quantitative estimate of drug-likeness (QED) is 0.907. The third-order valence-electron chi connectivity index (χ3n) is 4.66. The highest BCUT2D eigenvalue weighted by molar-refractivity contribution is 7.89.